The molecule has 1 unspecified atom stereocenters. The van der Waals surface area contributed by atoms with Gasteiger partial charge in [-0.25, -0.2) is 4.79 Å². The first kappa shape index (κ1) is 14.0. The first-order chi connectivity index (χ1) is 8.13. The molecule has 1 amide bonds. The third-order valence-corrected chi connectivity index (χ3v) is 2.92. The molecule has 0 saturated carbocycles. The quantitative estimate of drug-likeness (QED) is 0.707. The van der Waals surface area contributed by atoms with Crippen LogP contribution in [0.1, 0.15) is 45.4 Å². The summed E-state index contributed by atoms with van der Waals surface area (Å²) in [5.41, 5.74) is 0. The zero-order valence-corrected chi connectivity index (χ0v) is 10.3. The Bertz CT molecular complexity index is 261. The predicted molar refractivity (Wildman–Crippen MR) is 62.7 cm³/mol. The molecule has 0 aromatic carbocycles. The Morgan fingerprint density at radius 2 is 2.29 bits per heavy atom. The zero-order chi connectivity index (χ0) is 12.7. The molecule has 0 aromatic rings. The lowest BCUT2D eigenvalue weighted by molar-refractivity contribution is -0.142. The van der Waals surface area contributed by atoms with E-state index in [0.717, 1.165) is 25.7 Å². The number of carboxylic acid groups (broad SMARTS) is 1. The molecule has 0 radical (unpaired) electrons. The average Bonchev–Trinajstić information content (AvgIpc) is 2.76. The molecule has 17 heavy (non-hydrogen) atoms. The highest BCUT2D eigenvalue weighted by Crippen LogP contribution is 2.15. The van der Waals surface area contributed by atoms with Crippen molar-refractivity contribution in [2.24, 2.45) is 0 Å². The van der Waals surface area contributed by atoms with E-state index in [1.54, 1.807) is 0 Å². The number of ether oxygens (including phenoxy) is 1. The monoisotopic (exact) mass is 243 g/mol. The van der Waals surface area contributed by atoms with E-state index in [2.05, 4.69) is 5.32 Å². The van der Waals surface area contributed by atoms with Gasteiger partial charge in [0.15, 0.2) is 0 Å². The molecule has 2 N–H and O–H groups in total. The maximum atomic E-state index is 11.6. The van der Waals surface area contributed by atoms with Crippen LogP contribution in [0.5, 0.6) is 0 Å². The number of nitrogens with one attached hydrogen (secondary N) is 1. The second-order valence-electron chi connectivity index (χ2n) is 4.44. The van der Waals surface area contributed by atoms with Gasteiger partial charge in [-0.05, 0) is 19.3 Å². The molecule has 1 aliphatic rings. The molecule has 1 fully saturated rings. The molecule has 1 saturated heterocycles. The van der Waals surface area contributed by atoms with Gasteiger partial charge < -0.3 is 15.2 Å². The van der Waals surface area contributed by atoms with Crippen molar-refractivity contribution in [2.75, 3.05) is 6.61 Å². The van der Waals surface area contributed by atoms with Crippen LogP contribution in [-0.4, -0.2) is 35.7 Å². The fraction of sp³-hybridized carbons (Fsp3) is 0.833. The summed E-state index contributed by atoms with van der Waals surface area (Å²) in [6.45, 7) is 2.70. The Morgan fingerprint density at radius 1 is 1.53 bits per heavy atom. The van der Waals surface area contributed by atoms with E-state index in [9.17, 15) is 9.59 Å². The van der Waals surface area contributed by atoms with Gasteiger partial charge in [0.05, 0.1) is 12.5 Å². The molecule has 0 bridgehead atoms. The van der Waals surface area contributed by atoms with Gasteiger partial charge >= 0.3 is 5.97 Å². The number of aliphatic carboxylic acids is 1. The number of unbranched alkanes of at least 4 members (excludes halogenated alkanes) is 1. The van der Waals surface area contributed by atoms with Crippen LogP contribution in [0.2, 0.25) is 0 Å². The van der Waals surface area contributed by atoms with Gasteiger partial charge in [-0.3, -0.25) is 4.79 Å². The lowest BCUT2D eigenvalue weighted by Crippen LogP contribution is -2.41. The van der Waals surface area contributed by atoms with Crippen molar-refractivity contribution in [1.82, 2.24) is 5.32 Å². The molecule has 5 nitrogen and oxygen atoms in total. The van der Waals surface area contributed by atoms with E-state index in [4.69, 9.17) is 9.84 Å². The Hall–Kier alpha value is -1.10. The van der Waals surface area contributed by atoms with Crippen LogP contribution in [0.15, 0.2) is 0 Å². The Labute approximate surface area is 102 Å². The van der Waals surface area contributed by atoms with Crippen molar-refractivity contribution in [1.29, 1.82) is 0 Å². The summed E-state index contributed by atoms with van der Waals surface area (Å²) in [6, 6.07) is -0.760. The van der Waals surface area contributed by atoms with Crippen LogP contribution in [0.4, 0.5) is 0 Å². The molecule has 1 rings (SSSR count). The summed E-state index contributed by atoms with van der Waals surface area (Å²) in [6.07, 6.45) is 4.33. The Morgan fingerprint density at radius 3 is 2.82 bits per heavy atom. The van der Waals surface area contributed by atoms with E-state index >= 15 is 0 Å². The molecule has 0 aliphatic carbocycles. The molecular formula is C12H21NO4. The fourth-order valence-electron chi connectivity index (χ4n) is 1.93. The summed E-state index contributed by atoms with van der Waals surface area (Å²) in [4.78, 5) is 22.6. The molecule has 1 heterocycles. The van der Waals surface area contributed by atoms with Crippen LogP contribution in [-0.2, 0) is 14.3 Å². The smallest absolute Gasteiger partial charge is 0.326 e. The molecule has 1 aliphatic heterocycles. The van der Waals surface area contributed by atoms with Crippen LogP contribution in [0.3, 0.4) is 0 Å². The Balaban J connectivity index is 2.32. The molecule has 98 valence electrons. The number of carbonyl (C=O) groups excluding carboxylic acids is 1. The highest BCUT2D eigenvalue weighted by molar-refractivity contribution is 5.83. The maximum Gasteiger partial charge on any atom is 0.326 e. The zero-order valence-electron chi connectivity index (χ0n) is 10.3. The second kappa shape index (κ2) is 7.27. The van der Waals surface area contributed by atoms with Gasteiger partial charge in [0.25, 0.3) is 0 Å². The molecule has 5 heteroatoms. The number of hydrogen-bond donors (Lipinski definition) is 2. The third-order valence-electron chi connectivity index (χ3n) is 2.92. The van der Waals surface area contributed by atoms with Gasteiger partial charge in [-0.15, -0.1) is 0 Å². The van der Waals surface area contributed by atoms with Crippen molar-refractivity contribution < 1.29 is 19.4 Å². The number of carbonyl (C=O) groups is 2. The number of amides is 1. The van der Waals surface area contributed by atoms with Gasteiger partial charge in [0.2, 0.25) is 5.91 Å². The topological polar surface area (TPSA) is 75.6 Å². The van der Waals surface area contributed by atoms with Gasteiger partial charge in [0, 0.05) is 6.61 Å². The van der Waals surface area contributed by atoms with E-state index in [0.29, 0.717) is 13.0 Å². The standard InChI is InChI=1S/C12H21NO4/c1-2-3-6-10(12(15)16)13-11(14)8-9-5-4-7-17-9/h9-10H,2-8H2,1H3,(H,13,14)(H,15,16)/t9?,10-/m0/s1. The van der Waals surface area contributed by atoms with Gasteiger partial charge in [0.1, 0.15) is 6.04 Å². The summed E-state index contributed by atoms with van der Waals surface area (Å²) in [5, 5.41) is 11.5. The molecule has 0 aromatic heterocycles. The number of hydrogen-bond acceptors (Lipinski definition) is 3. The second-order valence-corrected chi connectivity index (χ2v) is 4.44. The molecule has 2 atom stereocenters. The maximum absolute atomic E-state index is 11.6. The summed E-state index contributed by atoms with van der Waals surface area (Å²) in [7, 11) is 0. The van der Waals surface area contributed by atoms with Crippen LogP contribution in [0.25, 0.3) is 0 Å². The van der Waals surface area contributed by atoms with E-state index in [1.165, 1.54) is 0 Å². The van der Waals surface area contributed by atoms with Gasteiger partial charge in [-0.1, -0.05) is 19.8 Å². The van der Waals surface area contributed by atoms with E-state index < -0.39 is 12.0 Å². The average molecular weight is 243 g/mol. The van der Waals surface area contributed by atoms with Crippen molar-refractivity contribution in [3.05, 3.63) is 0 Å². The van der Waals surface area contributed by atoms with Crippen LogP contribution < -0.4 is 5.32 Å². The van der Waals surface area contributed by atoms with Crippen molar-refractivity contribution >= 4 is 11.9 Å². The molecular weight excluding hydrogens is 222 g/mol. The van der Waals surface area contributed by atoms with Gasteiger partial charge in [-0.2, -0.15) is 0 Å². The summed E-state index contributed by atoms with van der Waals surface area (Å²) >= 11 is 0. The minimum absolute atomic E-state index is 0.0318. The van der Waals surface area contributed by atoms with Crippen molar-refractivity contribution in [3.63, 3.8) is 0 Å². The highest BCUT2D eigenvalue weighted by atomic mass is 16.5. The lowest BCUT2D eigenvalue weighted by atomic mass is 10.1. The van der Waals surface area contributed by atoms with E-state index in [1.807, 2.05) is 6.92 Å². The van der Waals surface area contributed by atoms with Crippen molar-refractivity contribution in [3.8, 4) is 0 Å². The van der Waals surface area contributed by atoms with E-state index in [-0.39, 0.29) is 18.4 Å². The largest absolute Gasteiger partial charge is 0.480 e. The highest BCUT2D eigenvalue weighted by Gasteiger charge is 2.23. The lowest BCUT2D eigenvalue weighted by Gasteiger charge is -2.15. The minimum atomic E-state index is -0.959. The minimum Gasteiger partial charge on any atom is -0.480 e. The number of rotatable bonds is 7. The Kier molecular flexibility index (Phi) is 5.97. The fourth-order valence-corrected chi connectivity index (χ4v) is 1.93. The van der Waals surface area contributed by atoms with Crippen LogP contribution >= 0.6 is 0 Å². The first-order valence-corrected chi connectivity index (χ1v) is 6.27. The predicted octanol–water partition coefficient (Wildman–Crippen LogP) is 1.32. The summed E-state index contributed by atoms with van der Waals surface area (Å²) in [5.74, 6) is -1.18. The van der Waals surface area contributed by atoms with Crippen LogP contribution in [0, 0.1) is 0 Å². The first-order valence-electron chi connectivity index (χ1n) is 6.27. The SMILES string of the molecule is CCCC[C@H](NC(=O)CC1CCCO1)C(=O)O. The number of carboxylic acids is 1. The third kappa shape index (κ3) is 5.17. The van der Waals surface area contributed by atoms with Crippen molar-refractivity contribution in [2.45, 2.75) is 57.6 Å². The molecule has 0 spiro atoms. The summed E-state index contributed by atoms with van der Waals surface area (Å²) < 4.78 is 5.34. The normalized spacial score (nSPS) is 21.1.